The van der Waals surface area contributed by atoms with Crippen molar-refractivity contribution in [3.05, 3.63) is 65.2 Å². The van der Waals surface area contributed by atoms with Gasteiger partial charge in [-0.05, 0) is 23.8 Å². The third-order valence-electron chi connectivity index (χ3n) is 3.98. The highest BCUT2D eigenvalue weighted by Gasteiger charge is 2.21. The summed E-state index contributed by atoms with van der Waals surface area (Å²) in [5.74, 6) is 0. The van der Waals surface area contributed by atoms with E-state index in [2.05, 4.69) is 10.4 Å². The molecule has 0 spiro atoms. The lowest BCUT2D eigenvalue weighted by Gasteiger charge is -2.35. The van der Waals surface area contributed by atoms with Crippen molar-refractivity contribution in [3.8, 4) is 0 Å². The molecule has 1 saturated heterocycles. The Kier molecular flexibility index (Phi) is 5.56. The monoisotopic (exact) mass is 345 g/mol. The summed E-state index contributed by atoms with van der Waals surface area (Å²) in [7, 11) is 0. The lowest BCUT2D eigenvalue weighted by molar-refractivity contribution is 0.0359. The molecule has 1 N–H and O–H groups in total. The van der Waals surface area contributed by atoms with E-state index in [1.165, 1.54) is 0 Å². The van der Waals surface area contributed by atoms with Gasteiger partial charge in [-0.1, -0.05) is 48.0 Å². The van der Waals surface area contributed by atoms with Crippen LogP contribution in [0.25, 0.3) is 0 Å². The van der Waals surface area contributed by atoms with Crippen LogP contribution in [0.2, 0.25) is 5.02 Å². The highest BCUT2D eigenvalue weighted by molar-refractivity contribution is 6.30. The van der Waals surface area contributed by atoms with E-state index in [0.717, 1.165) is 29.4 Å². The van der Waals surface area contributed by atoms with Crippen LogP contribution in [-0.2, 0) is 11.4 Å². The largest absolute Gasteiger partial charge is 0.368 e. The van der Waals surface area contributed by atoms with Crippen molar-refractivity contribution in [2.75, 3.05) is 31.1 Å². The zero-order valence-electron chi connectivity index (χ0n) is 13.3. The van der Waals surface area contributed by atoms with Gasteiger partial charge in [0.05, 0.1) is 6.61 Å². The first-order chi connectivity index (χ1) is 11.7. The van der Waals surface area contributed by atoms with Gasteiger partial charge in [-0.15, -0.1) is 0 Å². The number of nitrogens with zero attached hydrogens (tertiary/aromatic N) is 2. The number of rotatable bonds is 4. The summed E-state index contributed by atoms with van der Waals surface area (Å²) in [5.41, 5.74) is 4.62. The molecule has 0 aliphatic carbocycles. The van der Waals surface area contributed by atoms with Gasteiger partial charge in [0.15, 0.2) is 0 Å². The molecule has 0 radical (unpaired) electrons. The maximum Gasteiger partial charge on any atom is 0.341 e. The van der Waals surface area contributed by atoms with E-state index in [9.17, 15) is 4.79 Å². The van der Waals surface area contributed by atoms with E-state index < -0.39 is 0 Å². The molecule has 1 fully saturated rings. The van der Waals surface area contributed by atoms with Gasteiger partial charge in [-0.2, -0.15) is 0 Å². The van der Waals surface area contributed by atoms with Crippen LogP contribution in [0.15, 0.2) is 54.6 Å². The molecule has 2 aromatic rings. The molecule has 2 amide bonds. The van der Waals surface area contributed by atoms with Crippen molar-refractivity contribution in [2.24, 2.45) is 0 Å². The molecule has 0 saturated carbocycles. The van der Waals surface area contributed by atoms with Crippen molar-refractivity contribution < 1.29 is 9.63 Å². The van der Waals surface area contributed by atoms with Crippen LogP contribution in [0, 0.1) is 0 Å². The number of hydrogen-bond acceptors (Lipinski definition) is 3. The van der Waals surface area contributed by atoms with E-state index in [-0.39, 0.29) is 6.03 Å². The lowest BCUT2D eigenvalue weighted by atomic mass is 10.2. The number of hydrogen-bond donors (Lipinski definition) is 1. The molecule has 126 valence electrons. The van der Waals surface area contributed by atoms with E-state index in [1.54, 1.807) is 4.90 Å². The van der Waals surface area contributed by atoms with Gasteiger partial charge in [-0.25, -0.2) is 10.3 Å². The maximum atomic E-state index is 12.1. The van der Waals surface area contributed by atoms with Crippen LogP contribution in [0.5, 0.6) is 0 Å². The minimum Gasteiger partial charge on any atom is -0.368 e. The summed E-state index contributed by atoms with van der Waals surface area (Å²) < 4.78 is 0. The highest BCUT2D eigenvalue weighted by atomic mass is 35.5. The molecule has 0 unspecified atom stereocenters. The molecule has 2 aromatic carbocycles. The molecule has 1 heterocycles. The summed E-state index contributed by atoms with van der Waals surface area (Å²) in [6.07, 6.45) is 0. The van der Waals surface area contributed by atoms with Crippen LogP contribution in [0.1, 0.15) is 5.56 Å². The summed E-state index contributed by atoms with van der Waals surface area (Å²) >= 11 is 6.03. The Morgan fingerprint density at radius 3 is 2.50 bits per heavy atom. The molecule has 24 heavy (non-hydrogen) atoms. The number of carbonyl (C=O) groups is 1. The predicted octanol–water partition coefficient (Wildman–Crippen LogP) is 3.30. The number of piperazine rings is 1. The molecular weight excluding hydrogens is 326 g/mol. The van der Waals surface area contributed by atoms with Gasteiger partial charge in [0.25, 0.3) is 0 Å². The number of urea groups is 1. The van der Waals surface area contributed by atoms with Crippen LogP contribution in [0.3, 0.4) is 0 Å². The van der Waals surface area contributed by atoms with Gasteiger partial charge in [-0.3, -0.25) is 4.84 Å². The normalized spacial score (nSPS) is 14.5. The molecule has 1 aliphatic heterocycles. The third-order valence-corrected chi connectivity index (χ3v) is 4.22. The van der Waals surface area contributed by atoms with Crippen molar-refractivity contribution in [3.63, 3.8) is 0 Å². The Hall–Kier alpha value is -2.24. The average Bonchev–Trinajstić information content (AvgIpc) is 2.63. The quantitative estimate of drug-likeness (QED) is 0.865. The molecule has 5 nitrogen and oxygen atoms in total. The second-order valence-electron chi connectivity index (χ2n) is 5.64. The van der Waals surface area contributed by atoms with Crippen molar-refractivity contribution >= 4 is 23.3 Å². The summed E-state index contributed by atoms with van der Waals surface area (Å²) in [5, 5.41) is 0.724. The summed E-state index contributed by atoms with van der Waals surface area (Å²) in [4.78, 5) is 21.4. The van der Waals surface area contributed by atoms with Crippen LogP contribution >= 0.6 is 11.6 Å². The molecule has 0 aromatic heterocycles. The lowest BCUT2D eigenvalue weighted by Crippen LogP contribution is -2.51. The number of amides is 2. The second-order valence-corrected chi connectivity index (χ2v) is 6.07. The fourth-order valence-corrected chi connectivity index (χ4v) is 2.85. The number of benzene rings is 2. The zero-order chi connectivity index (χ0) is 16.8. The van der Waals surface area contributed by atoms with Crippen molar-refractivity contribution in [1.29, 1.82) is 0 Å². The van der Waals surface area contributed by atoms with Crippen LogP contribution in [-0.4, -0.2) is 37.1 Å². The van der Waals surface area contributed by atoms with Crippen molar-refractivity contribution in [1.82, 2.24) is 10.4 Å². The molecule has 6 heteroatoms. The first-order valence-electron chi connectivity index (χ1n) is 7.93. The smallest absolute Gasteiger partial charge is 0.341 e. The van der Waals surface area contributed by atoms with E-state index in [1.807, 2.05) is 54.6 Å². The van der Waals surface area contributed by atoms with Gasteiger partial charge in [0.2, 0.25) is 0 Å². The van der Waals surface area contributed by atoms with Gasteiger partial charge < -0.3 is 9.80 Å². The molecule has 1 aliphatic rings. The fourth-order valence-electron chi connectivity index (χ4n) is 2.66. The van der Waals surface area contributed by atoms with Crippen molar-refractivity contribution in [2.45, 2.75) is 6.61 Å². The molecule has 0 atom stereocenters. The minimum absolute atomic E-state index is 0.198. The average molecular weight is 346 g/mol. The van der Waals surface area contributed by atoms with Gasteiger partial charge in [0, 0.05) is 36.9 Å². The highest BCUT2D eigenvalue weighted by Crippen LogP contribution is 2.20. The molecule has 0 bridgehead atoms. The van der Waals surface area contributed by atoms with Crippen LogP contribution < -0.4 is 10.4 Å². The minimum atomic E-state index is -0.198. The number of carbonyl (C=O) groups excluding carboxylic acids is 1. The Bertz CT molecular complexity index is 673. The van der Waals surface area contributed by atoms with E-state index >= 15 is 0 Å². The molecule has 3 rings (SSSR count). The Morgan fingerprint density at radius 1 is 1.04 bits per heavy atom. The number of hydroxylamine groups is 1. The zero-order valence-corrected chi connectivity index (χ0v) is 14.1. The van der Waals surface area contributed by atoms with Crippen LogP contribution in [0.4, 0.5) is 10.5 Å². The van der Waals surface area contributed by atoms with Gasteiger partial charge in [0.1, 0.15) is 0 Å². The number of halogens is 1. The topological polar surface area (TPSA) is 44.8 Å². The Morgan fingerprint density at radius 2 is 1.79 bits per heavy atom. The summed E-state index contributed by atoms with van der Waals surface area (Å²) in [6.45, 7) is 3.19. The molecular formula is C18H20ClN3O2. The third kappa shape index (κ3) is 4.40. The SMILES string of the molecule is O=C(NOCc1ccccc1)N1CCN(c2cccc(Cl)c2)CC1. The van der Waals surface area contributed by atoms with E-state index in [4.69, 9.17) is 16.4 Å². The second kappa shape index (κ2) is 8.04. The summed E-state index contributed by atoms with van der Waals surface area (Å²) in [6, 6.07) is 17.3. The Labute approximate surface area is 146 Å². The maximum absolute atomic E-state index is 12.1. The predicted molar refractivity (Wildman–Crippen MR) is 95.0 cm³/mol. The Balaban J connectivity index is 1.43. The van der Waals surface area contributed by atoms with Gasteiger partial charge >= 0.3 is 6.03 Å². The van der Waals surface area contributed by atoms with E-state index in [0.29, 0.717) is 19.7 Å². The fraction of sp³-hybridized carbons (Fsp3) is 0.278. The first-order valence-corrected chi connectivity index (χ1v) is 8.31. The number of nitrogens with one attached hydrogen (secondary N) is 1. The first kappa shape index (κ1) is 16.6. The number of anilines is 1. The standard InChI is InChI=1S/C18H20ClN3O2/c19-16-7-4-8-17(13-16)21-9-11-22(12-10-21)18(23)20-24-14-15-5-2-1-3-6-15/h1-8,13H,9-12,14H2,(H,20,23).